The zero-order chi connectivity index (χ0) is 14.1. The number of methoxy groups -OCH3 is 1. The largest absolute Gasteiger partial charge is 0.504 e. The average molecular weight is 272 g/mol. The number of phenols is 2. The average Bonchev–Trinajstić information content (AvgIpc) is 2.49. The second kappa shape index (κ2) is 4.96. The van der Waals surface area contributed by atoms with E-state index < -0.39 is 0 Å². The van der Waals surface area contributed by atoms with Gasteiger partial charge < -0.3 is 19.7 Å². The number of aryl methyl sites for hydroxylation is 1. The molecular weight excluding hydrogens is 256 g/mol. The van der Waals surface area contributed by atoms with Gasteiger partial charge in [0.2, 0.25) is 0 Å². The topological polar surface area (TPSA) is 58.9 Å². The first-order valence-corrected chi connectivity index (χ1v) is 6.53. The van der Waals surface area contributed by atoms with Crippen LogP contribution in [0.4, 0.5) is 0 Å². The summed E-state index contributed by atoms with van der Waals surface area (Å²) in [6, 6.07) is 10.6. The highest BCUT2D eigenvalue weighted by molar-refractivity contribution is 5.45. The summed E-state index contributed by atoms with van der Waals surface area (Å²) in [5, 5.41) is 18.9. The number of fused-ring (bicyclic) bond motifs is 1. The Morgan fingerprint density at radius 3 is 2.70 bits per heavy atom. The molecule has 0 saturated carbocycles. The predicted octanol–water partition coefficient (Wildman–Crippen LogP) is 3.17. The van der Waals surface area contributed by atoms with E-state index in [1.54, 1.807) is 19.2 Å². The summed E-state index contributed by atoms with van der Waals surface area (Å²) in [5.74, 6) is 1.33. The van der Waals surface area contributed by atoms with E-state index in [2.05, 4.69) is 0 Å². The van der Waals surface area contributed by atoms with Gasteiger partial charge in [-0.2, -0.15) is 0 Å². The summed E-state index contributed by atoms with van der Waals surface area (Å²) in [5.41, 5.74) is 2.01. The first-order chi connectivity index (χ1) is 9.67. The molecule has 0 fully saturated rings. The number of hydrogen-bond acceptors (Lipinski definition) is 4. The summed E-state index contributed by atoms with van der Waals surface area (Å²) in [6.07, 6.45) is 1.62. The molecule has 0 unspecified atom stereocenters. The van der Waals surface area contributed by atoms with Gasteiger partial charge in [-0.05, 0) is 42.2 Å². The van der Waals surface area contributed by atoms with Crippen LogP contribution in [0.1, 0.15) is 23.7 Å². The van der Waals surface area contributed by atoms with E-state index in [9.17, 15) is 10.2 Å². The molecule has 20 heavy (non-hydrogen) atoms. The zero-order valence-electron chi connectivity index (χ0n) is 11.2. The number of aromatic hydroxyl groups is 2. The van der Waals surface area contributed by atoms with Crippen molar-refractivity contribution >= 4 is 0 Å². The van der Waals surface area contributed by atoms with Crippen molar-refractivity contribution in [3.05, 3.63) is 47.5 Å². The highest BCUT2D eigenvalue weighted by Crippen LogP contribution is 2.38. The van der Waals surface area contributed by atoms with Crippen LogP contribution in [0, 0.1) is 0 Å². The molecule has 1 atom stereocenters. The van der Waals surface area contributed by atoms with Gasteiger partial charge in [-0.3, -0.25) is 0 Å². The summed E-state index contributed by atoms with van der Waals surface area (Å²) in [4.78, 5) is 0. The van der Waals surface area contributed by atoms with E-state index in [0.29, 0.717) is 0 Å². The Hall–Kier alpha value is -2.36. The molecule has 2 aromatic rings. The van der Waals surface area contributed by atoms with Crippen LogP contribution in [0.2, 0.25) is 0 Å². The van der Waals surface area contributed by atoms with Crippen LogP contribution in [-0.2, 0) is 6.42 Å². The predicted molar refractivity (Wildman–Crippen MR) is 74.5 cm³/mol. The van der Waals surface area contributed by atoms with Gasteiger partial charge >= 0.3 is 0 Å². The van der Waals surface area contributed by atoms with E-state index in [1.165, 1.54) is 6.07 Å². The van der Waals surface area contributed by atoms with Gasteiger partial charge in [0.05, 0.1) is 7.11 Å². The number of phenolic OH excluding ortho intramolecular Hbond substituents is 2. The minimum absolute atomic E-state index is 0.119. The fourth-order valence-electron chi connectivity index (χ4n) is 2.45. The van der Waals surface area contributed by atoms with E-state index in [4.69, 9.17) is 9.47 Å². The minimum Gasteiger partial charge on any atom is -0.504 e. The summed E-state index contributed by atoms with van der Waals surface area (Å²) in [6.45, 7) is 0. The van der Waals surface area contributed by atoms with Crippen molar-refractivity contribution in [3.63, 3.8) is 0 Å². The Morgan fingerprint density at radius 2 is 1.95 bits per heavy atom. The summed E-state index contributed by atoms with van der Waals surface area (Å²) < 4.78 is 11.2. The van der Waals surface area contributed by atoms with Gasteiger partial charge in [0, 0.05) is 6.07 Å². The van der Waals surface area contributed by atoms with Crippen LogP contribution in [0.25, 0.3) is 0 Å². The minimum atomic E-state index is -0.124. The Bertz CT molecular complexity index is 636. The van der Waals surface area contributed by atoms with Crippen molar-refractivity contribution in [1.82, 2.24) is 0 Å². The van der Waals surface area contributed by atoms with E-state index >= 15 is 0 Å². The van der Waals surface area contributed by atoms with Crippen molar-refractivity contribution < 1.29 is 19.7 Å². The van der Waals surface area contributed by atoms with Crippen molar-refractivity contribution in [3.8, 4) is 23.0 Å². The second-order valence-corrected chi connectivity index (χ2v) is 4.87. The van der Waals surface area contributed by atoms with E-state index in [-0.39, 0.29) is 17.6 Å². The van der Waals surface area contributed by atoms with Gasteiger partial charge in [-0.1, -0.05) is 12.1 Å². The molecule has 0 aliphatic carbocycles. The number of hydrogen-bond donors (Lipinski definition) is 2. The molecule has 2 N–H and O–H groups in total. The molecule has 0 bridgehead atoms. The molecular formula is C16H16O4. The van der Waals surface area contributed by atoms with E-state index in [1.807, 2.05) is 18.2 Å². The van der Waals surface area contributed by atoms with Crippen LogP contribution >= 0.6 is 0 Å². The highest BCUT2D eigenvalue weighted by Gasteiger charge is 2.22. The standard InChI is InChI=1S/C16H16O4/c1-19-12-5-2-10-4-7-15(20-16(10)9-12)11-3-6-13(17)14(18)8-11/h2-3,5-6,8-9,15,17-18H,4,7H2,1H3/t15-/m1/s1. The fourth-order valence-corrected chi connectivity index (χ4v) is 2.45. The maximum absolute atomic E-state index is 9.58. The zero-order valence-corrected chi connectivity index (χ0v) is 11.2. The molecule has 0 aromatic heterocycles. The van der Waals surface area contributed by atoms with Gasteiger partial charge in [0.1, 0.15) is 17.6 Å². The monoisotopic (exact) mass is 272 g/mol. The Morgan fingerprint density at radius 1 is 1.10 bits per heavy atom. The van der Waals surface area contributed by atoms with Gasteiger partial charge in [0.25, 0.3) is 0 Å². The van der Waals surface area contributed by atoms with Crippen LogP contribution < -0.4 is 9.47 Å². The SMILES string of the molecule is COc1ccc2c(c1)O[C@@H](c1ccc(O)c(O)c1)CC2. The first kappa shape index (κ1) is 12.7. The first-order valence-electron chi connectivity index (χ1n) is 6.53. The maximum atomic E-state index is 9.58. The molecule has 104 valence electrons. The van der Waals surface area contributed by atoms with Gasteiger partial charge in [0.15, 0.2) is 11.5 Å². The molecule has 1 aliphatic heterocycles. The molecule has 3 rings (SSSR count). The molecule has 0 radical (unpaired) electrons. The maximum Gasteiger partial charge on any atom is 0.157 e. The normalized spacial score (nSPS) is 17.1. The molecule has 4 heteroatoms. The number of ether oxygens (including phenoxy) is 2. The van der Waals surface area contributed by atoms with E-state index in [0.717, 1.165) is 35.5 Å². The van der Waals surface area contributed by atoms with Gasteiger partial charge in [-0.15, -0.1) is 0 Å². The molecule has 4 nitrogen and oxygen atoms in total. The van der Waals surface area contributed by atoms with Crippen molar-refractivity contribution in [2.75, 3.05) is 7.11 Å². The van der Waals surface area contributed by atoms with Crippen LogP contribution in [-0.4, -0.2) is 17.3 Å². The second-order valence-electron chi connectivity index (χ2n) is 4.87. The molecule has 2 aromatic carbocycles. The highest BCUT2D eigenvalue weighted by atomic mass is 16.5. The molecule has 0 saturated heterocycles. The quantitative estimate of drug-likeness (QED) is 0.824. The molecule has 1 aliphatic rings. The lowest BCUT2D eigenvalue weighted by Crippen LogP contribution is -2.15. The van der Waals surface area contributed by atoms with Crippen LogP contribution in [0.3, 0.4) is 0 Å². The fraction of sp³-hybridized carbons (Fsp3) is 0.250. The third-order valence-corrected chi connectivity index (χ3v) is 3.59. The number of benzene rings is 2. The lowest BCUT2D eigenvalue weighted by molar-refractivity contribution is 0.175. The third kappa shape index (κ3) is 2.25. The molecule has 0 amide bonds. The third-order valence-electron chi connectivity index (χ3n) is 3.59. The summed E-state index contributed by atoms with van der Waals surface area (Å²) in [7, 11) is 1.63. The Labute approximate surface area is 117 Å². The smallest absolute Gasteiger partial charge is 0.157 e. The van der Waals surface area contributed by atoms with Crippen LogP contribution in [0.15, 0.2) is 36.4 Å². The van der Waals surface area contributed by atoms with Gasteiger partial charge in [-0.25, -0.2) is 0 Å². The Balaban J connectivity index is 1.89. The number of rotatable bonds is 2. The Kier molecular flexibility index (Phi) is 3.14. The lowest BCUT2D eigenvalue weighted by Gasteiger charge is -2.27. The lowest BCUT2D eigenvalue weighted by atomic mass is 9.97. The molecule has 0 spiro atoms. The van der Waals surface area contributed by atoms with Crippen molar-refractivity contribution in [2.24, 2.45) is 0 Å². The molecule has 1 heterocycles. The van der Waals surface area contributed by atoms with Crippen molar-refractivity contribution in [1.29, 1.82) is 0 Å². The summed E-state index contributed by atoms with van der Waals surface area (Å²) >= 11 is 0. The van der Waals surface area contributed by atoms with Crippen LogP contribution in [0.5, 0.6) is 23.0 Å². The van der Waals surface area contributed by atoms with Crippen molar-refractivity contribution in [2.45, 2.75) is 18.9 Å².